The van der Waals surface area contributed by atoms with Crippen molar-refractivity contribution < 1.29 is 14.1 Å². The van der Waals surface area contributed by atoms with E-state index in [0.717, 1.165) is 58.3 Å². The van der Waals surface area contributed by atoms with Gasteiger partial charge in [0.05, 0.1) is 20.2 Å². The van der Waals surface area contributed by atoms with Crippen LogP contribution < -0.4 is 9.64 Å². The number of hydrogen-bond donors (Lipinski definition) is 1. The van der Waals surface area contributed by atoms with E-state index in [1.54, 1.807) is 7.11 Å². The van der Waals surface area contributed by atoms with Gasteiger partial charge in [-0.3, -0.25) is 0 Å². The first-order valence-electron chi connectivity index (χ1n) is 8.35. The van der Waals surface area contributed by atoms with Gasteiger partial charge in [-0.05, 0) is 49.7 Å². The Morgan fingerprint density at radius 3 is 2.38 bits per heavy atom. The Hall–Kier alpha value is -1.97. The number of hydrogen-bond acceptors (Lipinski definition) is 2. The first kappa shape index (κ1) is 16.9. The molecular formula is C20H23ClNO2+. The summed E-state index contributed by atoms with van der Waals surface area (Å²) in [6.45, 7) is 7.39. The Balaban J connectivity index is 2.15. The average Bonchev–Trinajstić information content (AvgIpc) is 2.96. The zero-order chi connectivity index (χ0) is 17.1. The van der Waals surface area contributed by atoms with E-state index in [9.17, 15) is 0 Å². The third-order valence-electron chi connectivity index (χ3n) is 4.51. The van der Waals surface area contributed by atoms with E-state index in [0.29, 0.717) is 0 Å². The van der Waals surface area contributed by atoms with Crippen LogP contribution in [0.1, 0.15) is 19.6 Å². The molecule has 2 aromatic carbocycles. The normalized spacial score (nSPS) is 11.4. The number of nitrogens with one attached hydrogen (secondary N) is 1. The van der Waals surface area contributed by atoms with Crippen molar-refractivity contribution in [1.82, 2.24) is 0 Å². The summed E-state index contributed by atoms with van der Waals surface area (Å²) >= 11 is 6.23. The molecule has 0 atom stereocenters. The fraction of sp³-hybridized carbons (Fsp3) is 0.300. The van der Waals surface area contributed by atoms with Crippen LogP contribution in [0.2, 0.25) is 5.02 Å². The lowest BCUT2D eigenvalue weighted by Gasteiger charge is -2.14. The number of ether oxygens (including phenoxy) is 1. The van der Waals surface area contributed by atoms with Gasteiger partial charge in [0.15, 0.2) is 5.76 Å². The molecule has 0 aliphatic heterocycles. The van der Waals surface area contributed by atoms with Gasteiger partial charge in [-0.25, -0.2) is 0 Å². The van der Waals surface area contributed by atoms with Crippen LogP contribution in [0, 0.1) is 0 Å². The van der Waals surface area contributed by atoms with E-state index in [1.165, 1.54) is 4.90 Å². The highest BCUT2D eigenvalue weighted by Crippen LogP contribution is 2.36. The van der Waals surface area contributed by atoms with Gasteiger partial charge in [0.25, 0.3) is 0 Å². The third-order valence-corrected chi connectivity index (χ3v) is 4.75. The molecule has 126 valence electrons. The summed E-state index contributed by atoms with van der Waals surface area (Å²) in [7, 11) is 1.68. The summed E-state index contributed by atoms with van der Waals surface area (Å²) in [6.07, 6.45) is 0. The molecule has 0 aliphatic rings. The van der Waals surface area contributed by atoms with Crippen LogP contribution in [-0.2, 0) is 6.54 Å². The smallest absolute Gasteiger partial charge is 0.167 e. The first-order chi connectivity index (χ1) is 11.7. The Morgan fingerprint density at radius 2 is 1.75 bits per heavy atom. The van der Waals surface area contributed by atoms with Crippen molar-refractivity contribution >= 4 is 22.6 Å². The number of rotatable bonds is 6. The average molecular weight is 345 g/mol. The second-order valence-electron chi connectivity index (χ2n) is 5.90. The second kappa shape index (κ2) is 7.29. The molecule has 0 fully saturated rings. The lowest BCUT2D eigenvalue weighted by molar-refractivity contribution is -0.911. The summed E-state index contributed by atoms with van der Waals surface area (Å²) in [4.78, 5) is 1.48. The summed E-state index contributed by atoms with van der Waals surface area (Å²) < 4.78 is 11.5. The van der Waals surface area contributed by atoms with Gasteiger partial charge in [0.1, 0.15) is 17.9 Å². The summed E-state index contributed by atoms with van der Waals surface area (Å²) in [5.74, 6) is 1.86. The van der Waals surface area contributed by atoms with E-state index in [2.05, 4.69) is 26.0 Å². The maximum Gasteiger partial charge on any atom is 0.167 e. The molecular weight excluding hydrogens is 322 g/mol. The van der Waals surface area contributed by atoms with E-state index in [4.69, 9.17) is 20.8 Å². The molecule has 0 aliphatic carbocycles. The van der Waals surface area contributed by atoms with E-state index < -0.39 is 0 Å². The molecule has 24 heavy (non-hydrogen) atoms. The van der Waals surface area contributed by atoms with Crippen LogP contribution in [0.4, 0.5) is 0 Å². The predicted octanol–water partition coefficient (Wildman–Crippen LogP) is 4.19. The van der Waals surface area contributed by atoms with Gasteiger partial charge >= 0.3 is 0 Å². The molecule has 3 aromatic rings. The van der Waals surface area contributed by atoms with Gasteiger partial charge in [-0.15, -0.1) is 0 Å². The van der Waals surface area contributed by atoms with Crippen LogP contribution in [0.25, 0.3) is 22.1 Å². The Kier molecular flexibility index (Phi) is 5.12. The summed E-state index contributed by atoms with van der Waals surface area (Å²) in [6, 6.07) is 13.9. The molecule has 4 heteroatoms. The van der Waals surface area contributed by atoms with Crippen LogP contribution in [0.5, 0.6) is 5.75 Å². The number of halogens is 1. The molecule has 3 nitrogen and oxygen atoms in total. The van der Waals surface area contributed by atoms with Gasteiger partial charge < -0.3 is 14.1 Å². The Bertz CT molecular complexity index is 820. The van der Waals surface area contributed by atoms with Crippen molar-refractivity contribution in [3.63, 3.8) is 0 Å². The molecule has 0 saturated carbocycles. The van der Waals surface area contributed by atoms with Crippen molar-refractivity contribution in [3.05, 3.63) is 53.2 Å². The number of furan rings is 1. The molecule has 0 radical (unpaired) electrons. The van der Waals surface area contributed by atoms with Crippen molar-refractivity contribution in [2.24, 2.45) is 0 Å². The fourth-order valence-electron chi connectivity index (χ4n) is 3.05. The number of benzene rings is 2. The molecule has 1 heterocycles. The Morgan fingerprint density at radius 1 is 1.04 bits per heavy atom. The van der Waals surface area contributed by atoms with Gasteiger partial charge in [-0.2, -0.15) is 0 Å². The lowest BCUT2D eigenvalue weighted by Crippen LogP contribution is -3.10. The quantitative estimate of drug-likeness (QED) is 0.726. The monoisotopic (exact) mass is 344 g/mol. The second-order valence-corrected chi connectivity index (χ2v) is 6.34. The predicted molar refractivity (Wildman–Crippen MR) is 99.0 cm³/mol. The van der Waals surface area contributed by atoms with Crippen LogP contribution in [-0.4, -0.2) is 20.2 Å². The molecule has 0 saturated heterocycles. The van der Waals surface area contributed by atoms with E-state index in [-0.39, 0.29) is 0 Å². The zero-order valence-corrected chi connectivity index (χ0v) is 15.1. The van der Waals surface area contributed by atoms with Gasteiger partial charge in [0.2, 0.25) is 0 Å². The Labute approximate surface area is 147 Å². The molecule has 1 aromatic heterocycles. The van der Waals surface area contributed by atoms with E-state index in [1.807, 2.05) is 30.3 Å². The highest BCUT2D eigenvalue weighted by atomic mass is 35.5. The van der Waals surface area contributed by atoms with Gasteiger partial charge in [0, 0.05) is 16.0 Å². The SMILES string of the molecule is CC[NH+](CC)Cc1oc2ccc(Cl)cc2c1-c1ccc(OC)cc1. The van der Waals surface area contributed by atoms with Crippen LogP contribution in [0.3, 0.4) is 0 Å². The molecule has 0 spiro atoms. The largest absolute Gasteiger partial charge is 0.497 e. The minimum atomic E-state index is 0.722. The van der Waals surface area contributed by atoms with Crippen LogP contribution >= 0.6 is 11.6 Å². The zero-order valence-electron chi connectivity index (χ0n) is 14.4. The number of methoxy groups -OCH3 is 1. The topological polar surface area (TPSA) is 26.8 Å². The van der Waals surface area contributed by atoms with Crippen molar-refractivity contribution in [1.29, 1.82) is 0 Å². The molecule has 1 N–H and O–H groups in total. The standard InChI is InChI=1S/C20H22ClNO2/c1-4-22(5-2)13-19-20(14-6-9-16(23-3)10-7-14)17-12-15(21)8-11-18(17)24-19/h6-12H,4-5,13H2,1-3H3/p+1. The van der Waals surface area contributed by atoms with Crippen LogP contribution in [0.15, 0.2) is 46.9 Å². The van der Waals surface area contributed by atoms with Crippen molar-refractivity contribution in [2.75, 3.05) is 20.2 Å². The lowest BCUT2D eigenvalue weighted by atomic mass is 10.0. The summed E-state index contributed by atoms with van der Waals surface area (Å²) in [5, 5.41) is 1.79. The van der Waals surface area contributed by atoms with Crippen molar-refractivity contribution in [2.45, 2.75) is 20.4 Å². The molecule has 0 amide bonds. The minimum Gasteiger partial charge on any atom is -0.497 e. The summed E-state index contributed by atoms with van der Waals surface area (Å²) in [5.41, 5.74) is 3.14. The molecule has 0 unspecified atom stereocenters. The fourth-order valence-corrected chi connectivity index (χ4v) is 3.22. The maximum atomic E-state index is 6.23. The maximum absolute atomic E-state index is 6.23. The highest BCUT2D eigenvalue weighted by Gasteiger charge is 2.20. The third kappa shape index (κ3) is 3.28. The highest BCUT2D eigenvalue weighted by molar-refractivity contribution is 6.31. The van der Waals surface area contributed by atoms with Crippen molar-refractivity contribution in [3.8, 4) is 16.9 Å². The first-order valence-corrected chi connectivity index (χ1v) is 8.73. The van der Waals surface area contributed by atoms with Gasteiger partial charge in [-0.1, -0.05) is 23.7 Å². The molecule has 3 rings (SSSR count). The number of fused-ring (bicyclic) bond motifs is 1. The minimum absolute atomic E-state index is 0.722. The van der Waals surface area contributed by atoms with E-state index >= 15 is 0 Å². The number of quaternary nitrogens is 1. The molecule has 0 bridgehead atoms.